The van der Waals surface area contributed by atoms with Crippen LogP contribution >= 0.6 is 0 Å². The maximum atomic E-state index is 12.2. The maximum Gasteiger partial charge on any atom is 0.234 e. The van der Waals surface area contributed by atoms with Crippen molar-refractivity contribution in [2.75, 3.05) is 13.1 Å². The molecular weight excluding hydrogens is 266 g/mol. The molecule has 5 heteroatoms. The van der Waals surface area contributed by atoms with Gasteiger partial charge in [0.2, 0.25) is 11.8 Å². The lowest BCUT2D eigenvalue weighted by atomic mass is 9.87. The Hall–Kier alpha value is -1.10. The molecule has 1 aliphatic carbocycles. The Morgan fingerprint density at radius 2 is 1.76 bits per heavy atom. The number of nitrogens with zero attached hydrogens (tertiary/aromatic N) is 1. The zero-order chi connectivity index (χ0) is 15.4. The maximum absolute atomic E-state index is 12.2. The van der Waals surface area contributed by atoms with Crippen molar-refractivity contribution in [1.29, 1.82) is 0 Å². The van der Waals surface area contributed by atoms with Crippen molar-refractivity contribution in [3.05, 3.63) is 0 Å². The molecule has 2 rings (SSSR count). The van der Waals surface area contributed by atoms with Crippen LogP contribution in [0.1, 0.15) is 52.4 Å². The van der Waals surface area contributed by atoms with Crippen LogP contribution in [0.25, 0.3) is 0 Å². The summed E-state index contributed by atoms with van der Waals surface area (Å²) in [5.74, 6) is 0.529. The van der Waals surface area contributed by atoms with E-state index in [1.807, 2.05) is 0 Å². The quantitative estimate of drug-likeness (QED) is 0.820. The van der Waals surface area contributed by atoms with Crippen molar-refractivity contribution in [3.63, 3.8) is 0 Å². The van der Waals surface area contributed by atoms with Crippen LogP contribution in [-0.4, -0.2) is 41.9 Å². The number of amides is 2. The molecule has 0 radical (unpaired) electrons. The van der Waals surface area contributed by atoms with Gasteiger partial charge in [-0.25, -0.2) is 0 Å². The summed E-state index contributed by atoms with van der Waals surface area (Å²) in [7, 11) is 0. The second-order valence-electron chi connectivity index (χ2n) is 6.98. The van der Waals surface area contributed by atoms with E-state index < -0.39 is 0 Å². The van der Waals surface area contributed by atoms with E-state index in [9.17, 15) is 9.59 Å². The number of nitrogens with one attached hydrogen (secondary N) is 1. The summed E-state index contributed by atoms with van der Waals surface area (Å²) in [5, 5.41) is 3.15. The van der Waals surface area contributed by atoms with E-state index in [0.29, 0.717) is 25.2 Å². The molecule has 0 spiro atoms. The summed E-state index contributed by atoms with van der Waals surface area (Å²) in [4.78, 5) is 25.6. The highest BCUT2D eigenvalue weighted by Gasteiger charge is 2.30. The molecule has 1 saturated heterocycles. The highest BCUT2D eigenvalue weighted by Crippen LogP contribution is 2.24. The minimum Gasteiger partial charge on any atom is -0.369 e. The second-order valence-corrected chi connectivity index (χ2v) is 6.98. The average molecular weight is 295 g/mol. The first kappa shape index (κ1) is 16.3. The molecule has 0 bridgehead atoms. The van der Waals surface area contributed by atoms with Crippen molar-refractivity contribution < 1.29 is 9.59 Å². The van der Waals surface area contributed by atoms with Crippen molar-refractivity contribution in [2.45, 2.75) is 64.5 Å². The predicted octanol–water partition coefficient (Wildman–Crippen LogP) is 1.27. The first-order chi connectivity index (χ1) is 9.95. The number of likely N-dealkylation sites (tertiary alicyclic amines) is 1. The van der Waals surface area contributed by atoms with E-state index in [1.54, 1.807) is 0 Å². The van der Waals surface area contributed by atoms with Crippen LogP contribution in [0.2, 0.25) is 0 Å². The third-order valence-corrected chi connectivity index (χ3v) is 5.14. The summed E-state index contributed by atoms with van der Waals surface area (Å²) < 4.78 is 0. The molecule has 0 aromatic rings. The van der Waals surface area contributed by atoms with Crippen molar-refractivity contribution in [3.8, 4) is 0 Å². The Kier molecular flexibility index (Phi) is 5.62. The van der Waals surface area contributed by atoms with E-state index in [4.69, 9.17) is 5.73 Å². The molecule has 2 fully saturated rings. The largest absolute Gasteiger partial charge is 0.369 e. The fourth-order valence-corrected chi connectivity index (χ4v) is 3.49. The molecule has 1 aliphatic heterocycles. The molecular formula is C16H29N3O2. The minimum absolute atomic E-state index is 0.0894. The Balaban J connectivity index is 1.79. The lowest BCUT2D eigenvalue weighted by Gasteiger charge is -2.36. The van der Waals surface area contributed by atoms with Gasteiger partial charge < -0.3 is 11.1 Å². The monoisotopic (exact) mass is 295 g/mol. The van der Waals surface area contributed by atoms with Crippen molar-refractivity contribution in [2.24, 2.45) is 17.6 Å². The van der Waals surface area contributed by atoms with Gasteiger partial charge in [0.05, 0.1) is 12.5 Å². The van der Waals surface area contributed by atoms with E-state index in [0.717, 1.165) is 31.6 Å². The normalized spacial score (nSPS) is 34.4. The van der Waals surface area contributed by atoms with Crippen molar-refractivity contribution in [1.82, 2.24) is 10.2 Å². The third kappa shape index (κ3) is 4.70. The Labute approximate surface area is 127 Å². The number of primary amides is 1. The highest BCUT2D eigenvalue weighted by molar-refractivity contribution is 5.79. The number of piperidine rings is 1. The van der Waals surface area contributed by atoms with E-state index in [1.165, 1.54) is 12.8 Å². The van der Waals surface area contributed by atoms with Gasteiger partial charge in [-0.15, -0.1) is 0 Å². The number of hydrogen-bond acceptors (Lipinski definition) is 3. The highest BCUT2D eigenvalue weighted by atomic mass is 16.2. The van der Waals surface area contributed by atoms with Crippen LogP contribution in [-0.2, 0) is 9.59 Å². The first-order valence-electron chi connectivity index (χ1n) is 8.28. The smallest absolute Gasteiger partial charge is 0.234 e. The van der Waals surface area contributed by atoms with Crippen LogP contribution in [0.4, 0.5) is 0 Å². The lowest BCUT2D eigenvalue weighted by molar-refractivity contribution is -0.128. The number of rotatable bonds is 4. The molecule has 2 aliphatic rings. The number of nitrogens with two attached hydrogens (primary N) is 1. The molecule has 3 N–H and O–H groups in total. The zero-order valence-electron chi connectivity index (χ0n) is 13.3. The molecule has 0 unspecified atom stereocenters. The van der Waals surface area contributed by atoms with Gasteiger partial charge in [0, 0.05) is 18.6 Å². The van der Waals surface area contributed by atoms with E-state index >= 15 is 0 Å². The molecule has 5 nitrogen and oxygen atoms in total. The first-order valence-corrected chi connectivity index (χ1v) is 8.28. The van der Waals surface area contributed by atoms with Gasteiger partial charge in [0.25, 0.3) is 0 Å². The fraction of sp³-hybridized carbons (Fsp3) is 0.875. The summed E-state index contributed by atoms with van der Waals surface area (Å²) in [6, 6.07) is 0.679. The predicted molar refractivity (Wildman–Crippen MR) is 82.5 cm³/mol. The van der Waals surface area contributed by atoms with Gasteiger partial charge in [-0.3, -0.25) is 14.5 Å². The summed E-state index contributed by atoms with van der Waals surface area (Å²) >= 11 is 0. The second kappa shape index (κ2) is 7.25. The molecule has 1 heterocycles. The Morgan fingerprint density at radius 1 is 1.10 bits per heavy atom. The number of hydrogen-bond donors (Lipinski definition) is 2. The van der Waals surface area contributed by atoms with Gasteiger partial charge >= 0.3 is 0 Å². The standard InChI is InChI=1S/C16H29N3O2/c1-11-3-7-14(8-4-11)18-15(20)10-19-9-13(16(17)21)6-5-12(19)2/h11-14H,3-10H2,1-2H3,(H2,17,21)(H,18,20)/t11?,12-,13+,14?/m0/s1. The summed E-state index contributed by atoms with van der Waals surface area (Å²) in [6.07, 6.45) is 6.36. The van der Waals surface area contributed by atoms with Crippen LogP contribution in [0.5, 0.6) is 0 Å². The molecule has 21 heavy (non-hydrogen) atoms. The van der Waals surface area contributed by atoms with Crippen LogP contribution in [0, 0.1) is 11.8 Å². The minimum atomic E-state index is -0.242. The van der Waals surface area contributed by atoms with Gasteiger partial charge in [0.1, 0.15) is 0 Å². The number of carbonyl (C=O) groups is 2. The van der Waals surface area contributed by atoms with Gasteiger partial charge in [0.15, 0.2) is 0 Å². The SMILES string of the molecule is CC1CCC(NC(=O)CN2C[C@H](C(N)=O)CC[C@@H]2C)CC1. The fourth-order valence-electron chi connectivity index (χ4n) is 3.49. The molecule has 2 atom stereocenters. The summed E-state index contributed by atoms with van der Waals surface area (Å²) in [6.45, 7) is 5.40. The average Bonchev–Trinajstić information content (AvgIpc) is 2.43. The van der Waals surface area contributed by atoms with Gasteiger partial charge in [-0.05, 0) is 51.4 Å². The number of carbonyl (C=O) groups excluding carboxylic acids is 2. The lowest BCUT2D eigenvalue weighted by Crippen LogP contribution is -2.50. The topological polar surface area (TPSA) is 75.4 Å². The van der Waals surface area contributed by atoms with Crippen LogP contribution in [0.15, 0.2) is 0 Å². The molecule has 0 aromatic heterocycles. The third-order valence-electron chi connectivity index (χ3n) is 5.14. The van der Waals surface area contributed by atoms with Gasteiger partial charge in [-0.1, -0.05) is 6.92 Å². The molecule has 120 valence electrons. The molecule has 1 saturated carbocycles. The molecule has 0 aromatic carbocycles. The van der Waals surface area contributed by atoms with Crippen molar-refractivity contribution >= 4 is 11.8 Å². The summed E-state index contributed by atoms with van der Waals surface area (Å²) in [5.41, 5.74) is 5.40. The van der Waals surface area contributed by atoms with Crippen LogP contribution < -0.4 is 11.1 Å². The van der Waals surface area contributed by atoms with Crippen LogP contribution in [0.3, 0.4) is 0 Å². The Bertz CT molecular complexity index is 378. The molecule has 2 amide bonds. The van der Waals surface area contributed by atoms with E-state index in [-0.39, 0.29) is 17.7 Å². The van der Waals surface area contributed by atoms with E-state index in [2.05, 4.69) is 24.1 Å². The van der Waals surface area contributed by atoms with Gasteiger partial charge in [-0.2, -0.15) is 0 Å². The Morgan fingerprint density at radius 3 is 2.38 bits per heavy atom. The zero-order valence-corrected chi connectivity index (χ0v) is 13.3.